The van der Waals surface area contributed by atoms with Crippen LogP contribution in [0.4, 0.5) is 5.69 Å². The summed E-state index contributed by atoms with van der Waals surface area (Å²) in [6.45, 7) is 1.98. The van der Waals surface area contributed by atoms with Gasteiger partial charge in [-0.3, -0.25) is 4.79 Å². The van der Waals surface area contributed by atoms with Gasteiger partial charge in [-0.1, -0.05) is 18.2 Å². The van der Waals surface area contributed by atoms with Crippen molar-refractivity contribution in [1.82, 2.24) is 4.90 Å². The van der Waals surface area contributed by atoms with E-state index in [1.807, 2.05) is 36.2 Å². The molecule has 0 fully saturated rings. The number of para-hydroxylation sites is 1. The highest BCUT2D eigenvalue weighted by molar-refractivity contribution is 6.17. The largest absolute Gasteiger partial charge is 0.462 e. The molecule has 6 nitrogen and oxygen atoms in total. The first kappa shape index (κ1) is 16.7. The number of carbonyl (C=O) groups is 2. The molecular weight excluding hydrogens is 330 g/mol. The van der Waals surface area contributed by atoms with Gasteiger partial charge in [0.2, 0.25) is 5.91 Å². The number of nitrogens with two attached hydrogens (primary N) is 1. The summed E-state index contributed by atoms with van der Waals surface area (Å²) in [6.07, 6.45) is 3.64. The van der Waals surface area contributed by atoms with Gasteiger partial charge in [-0.15, -0.1) is 0 Å². The number of carbonyl (C=O) groups excluding carboxylic acids is 2. The van der Waals surface area contributed by atoms with Gasteiger partial charge >= 0.3 is 5.97 Å². The second kappa shape index (κ2) is 5.90. The second-order valence-electron chi connectivity index (χ2n) is 6.92. The van der Waals surface area contributed by atoms with Crippen molar-refractivity contribution in [1.29, 1.82) is 0 Å². The van der Waals surface area contributed by atoms with Crippen molar-refractivity contribution in [2.24, 2.45) is 5.73 Å². The maximum atomic E-state index is 13.4. The van der Waals surface area contributed by atoms with E-state index in [0.29, 0.717) is 5.82 Å². The predicted molar refractivity (Wildman–Crippen MR) is 97.9 cm³/mol. The number of fused-ring (bicyclic) bond motifs is 3. The average Bonchev–Trinajstić information content (AvgIpc) is 2.93. The van der Waals surface area contributed by atoms with Gasteiger partial charge in [-0.05, 0) is 44.2 Å². The van der Waals surface area contributed by atoms with E-state index < -0.39 is 11.4 Å². The van der Waals surface area contributed by atoms with E-state index in [-0.39, 0.29) is 18.1 Å². The Bertz CT molecular complexity index is 871. The summed E-state index contributed by atoms with van der Waals surface area (Å²) in [6, 6.07) is 7.54. The average molecular weight is 353 g/mol. The number of ether oxygens (including phenoxy) is 1. The summed E-state index contributed by atoms with van der Waals surface area (Å²) in [4.78, 5) is 28.2. The number of anilines is 1. The number of hydrogen-bond donors (Lipinski definition) is 2. The molecule has 4 rings (SSSR count). The molecule has 2 aliphatic heterocycles. The lowest BCUT2D eigenvalue weighted by molar-refractivity contribution is -0.140. The van der Waals surface area contributed by atoms with Crippen molar-refractivity contribution < 1.29 is 14.3 Å². The fourth-order valence-corrected chi connectivity index (χ4v) is 4.59. The topological polar surface area (TPSA) is 84.7 Å². The molecule has 1 spiro atoms. The summed E-state index contributed by atoms with van der Waals surface area (Å²) in [5.74, 6) is -0.441. The normalized spacial score (nSPS) is 24.5. The first-order chi connectivity index (χ1) is 12.5. The molecule has 1 aromatic carbocycles. The summed E-state index contributed by atoms with van der Waals surface area (Å²) in [5.41, 5.74) is 9.03. The number of allylic oxidation sites excluding steroid dienone is 1. The van der Waals surface area contributed by atoms with Crippen molar-refractivity contribution >= 4 is 17.6 Å². The van der Waals surface area contributed by atoms with Crippen molar-refractivity contribution in [2.75, 3.05) is 19.0 Å². The third kappa shape index (κ3) is 1.98. The van der Waals surface area contributed by atoms with E-state index in [1.54, 1.807) is 6.92 Å². The summed E-state index contributed by atoms with van der Waals surface area (Å²) < 4.78 is 5.32. The third-order valence-corrected chi connectivity index (χ3v) is 5.69. The lowest BCUT2D eigenvalue weighted by atomic mass is 9.64. The third-order valence-electron chi connectivity index (χ3n) is 5.69. The fraction of sp³-hybridized carbons (Fsp3) is 0.400. The standard InChI is InChI=1S/C20H23N3O3/c1-3-26-18(24)16-17(21)23(2)15-11-7-5-9-13(15)20(16)12-8-4-6-10-14(12)22-19(20)25/h4,6,8,10H,3,5,7,9,11,21H2,1-2H3,(H,22,25). The van der Waals surface area contributed by atoms with Crippen LogP contribution in [0.2, 0.25) is 0 Å². The Morgan fingerprint density at radius 2 is 2.04 bits per heavy atom. The van der Waals surface area contributed by atoms with Crippen LogP contribution >= 0.6 is 0 Å². The molecule has 6 heteroatoms. The molecule has 136 valence electrons. The smallest absolute Gasteiger partial charge is 0.339 e. The zero-order valence-electron chi connectivity index (χ0n) is 15.1. The molecule has 0 radical (unpaired) electrons. The van der Waals surface area contributed by atoms with E-state index >= 15 is 0 Å². The molecule has 1 unspecified atom stereocenters. The van der Waals surface area contributed by atoms with Crippen molar-refractivity contribution in [3.63, 3.8) is 0 Å². The Labute approximate surface area is 152 Å². The second-order valence-corrected chi connectivity index (χ2v) is 6.92. The quantitative estimate of drug-likeness (QED) is 0.798. The number of esters is 1. The highest BCUT2D eigenvalue weighted by Crippen LogP contribution is 2.55. The van der Waals surface area contributed by atoms with Crippen LogP contribution < -0.4 is 11.1 Å². The van der Waals surface area contributed by atoms with Gasteiger partial charge in [-0.2, -0.15) is 0 Å². The molecule has 1 atom stereocenters. The highest BCUT2D eigenvalue weighted by Gasteiger charge is 2.59. The highest BCUT2D eigenvalue weighted by atomic mass is 16.5. The molecule has 1 aliphatic carbocycles. The number of benzene rings is 1. The van der Waals surface area contributed by atoms with Gasteiger partial charge in [-0.25, -0.2) is 4.79 Å². The SMILES string of the molecule is CCOC(=O)C1=C(N)N(C)C2=C(CCCC2)C12C(=O)Nc1ccccc12. The molecule has 0 saturated carbocycles. The van der Waals surface area contributed by atoms with E-state index in [2.05, 4.69) is 5.32 Å². The molecule has 2 heterocycles. The fourth-order valence-electron chi connectivity index (χ4n) is 4.59. The predicted octanol–water partition coefficient (Wildman–Crippen LogP) is 2.38. The first-order valence-corrected chi connectivity index (χ1v) is 9.08. The lowest BCUT2D eigenvalue weighted by Gasteiger charge is -2.44. The van der Waals surface area contributed by atoms with Gasteiger partial charge < -0.3 is 20.7 Å². The number of nitrogens with one attached hydrogen (secondary N) is 1. The Morgan fingerprint density at radius 3 is 2.81 bits per heavy atom. The zero-order chi connectivity index (χ0) is 18.5. The molecule has 0 bridgehead atoms. The molecule has 0 saturated heterocycles. The maximum Gasteiger partial charge on any atom is 0.339 e. The molecule has 0 aromatic heterocycles. The Balaban J connectivity index is 2.06. The monoisotopic (exact) mass is 353 g/mol. The molecule has 26 heavy (non-hydrogen) atoms. The molecule has 1 amide bonds. The maximum absolute atomic E-state index is 13.4. The minimum Gasteiger partial charge on any atom is -0.462 e. The Hall–Kier alpha value is -2.76. The number of amides is 1. The Morgan fingerprint density at radius 1 is 1.31 bits per heavy atom. The van der Waals surface area contributed by atoms with Crippen LogP contribution in [-0.4, -0.2) is 30.4 Å². The number of nitrogens with zero attached hydrogens (tertiary/aromatic N) is 1. The van der Waals surface area contributed by atoms with Crippen LogP contribution in [0, 0.1) is 0 Å². The van der Waals surface area contributed by atoms with Crippen LogP contribution in [0.3, 0.4) is 0 Å². The van der Waals surface area contributed by atoms with E-state index in [1.165, 1.54) is 0 Å². The van der Waals surface area contributed by atoms with Crippen molar-refractivity contribution in [3.8, 4) is 0 Å². The van der Waals surface area contributed by atoms with Crippen LogP contribution in [0.1, 0.15) is 38.2 Å². The molecular formula is C20H23N3O3. The molecule has 3 aliphatic rings. The van der Waals surface area contributed by atoms with E-state index in [4.69, 9.17) is 10.5 Å². The van der Waals surface area contributed by atoms with E-state index in [0.717, 1.165) is 48.2 Å². The van der Waals surface area contributed by atoms with Gasteiger partial charge in [0.25, 0.3) is 0 Å². The zero-order valence-corrected chi connectivity index (χ0v) is 15.1. The first-order valence-electron chi connectivity index (χ1n) is 9.08. The summed E-state index contributed by atoms with van der Waals surface area (Å²) in [5, 5.41) is 2.96. The number of rotatable bonds is 2. The minimum atomic E-state index is -1.19. The minimum absolute atomic E-state index is 0.216. The molecule has 1 aromatic rings. The van der Waals surface area contributed by atoms with Gasteiger partial charge in [0.05, 0.1) is 6.61 Å². The van der Waals surface area contributed by atoms with Crippen LogP contribution in [-0.2, 0) is 19.7 Å². The van der Waals surface area contributed by atoms with Crippen LogP contribution in [0.25, 0.3) is 0 Å². The van der Waals surface area contributed by atoms with Gasteiger partial charge in [0.1, 0.15) is 16.8 Å². The van der Waals surface area contributed by atoms with Gasteiger partial charge in [0.15, 0.2) is 0 Å². The van der Waals surface area contributed by atoms with Crippen LogP contribution in [0.15, 0.2) is 46.9 Å². The van der Waals surface area contributed by atoms with Crippen molar-refractivity contribution in [2.45, 2.75) is 38.0 Å². The summed E-state index contributed by atoms with van der Waals surface area (Å²) in [7, 11) is 1.86. The van der Waals surface area contributed by atoms with E-state index in [9.17, 15) is 9.59 Å². The molecule has 3 N–H and O–H groups in total. The lowest BCUT2D eigenvalue weighted by Crippen LogP contribution is -2.50. The van der Waals surface area contributed by atoms with Crippen molar-refractivity contribution in [3.05, 3.63) is 52.5 Å². The van der Waals surface area contributed by atoms with Crippen LogP contribution in [0.5, 0.6) is 0 Å². The number of hydrogen-bond acceptors (Lipinski definition) is 5. The Kier molecular flexibility index (Phi) is 3.79. The van der Waals surface area contributed by atoms with Gasteiger partial charge in [0, 0.05) is 24.0 Å². The summed E-state index contributed by atoms with van der Waals surface area (Å²) >= 11 is 0.